The van der Waals surface area contributed by atoms with Crippen LogP contribution in [0.1, 0.15) is 39.7 Å². The van der Waals surface area contributed by atoms with Crippen LogP contribution in [0.15, 0.2) is 18.2 Å². The number of halogens is 2. The van der Waals surface area contributed by atoms with Crippen LogP contribution in [0.25, 0.3) is 0 Å². The first-order chi connectivity index (χ1) is 8.33. The Balaban J connectivity index is 2.65. The Hall–Kier alpha value is -0.600. The Morgan fingerprint density at radius 2 is 2.00 bits per heavy atom. The topological polar surface area (TPSA) is 12.0 Å². The van der Waals surface area contributed by atoms with Gasteiger partial charge in [0.15, 0.2) is 0 Å². The SMILES string of the molecule is CCC(CNC(C)(C)C)Cc1cccc(F)c1Cl. The molecule has 1 N–H and O–H groups in total. The second kappa shape index (κ2) is 6.53. The van der Waals surface area contributed by atoms with Crippen LogP contribution in [0.2, 0.25) is 5.02 Å². The van der Waals surface area contributed by atoms with E-state index in [1.54, 1.807) is 6.07 Å². The van der Waals surface area contributed by atoms with Crippen molar-refractivity contribution >= 4 is 11.6 Å². The van der Waals surface area contributed by atoms with Crippen molar-refractivity contribution in [2.24, 2.45) is 5.92 Å². The summed E-state index contributed by atoms with van der Waals surface area (Å²) in [5.74, 6) is 0.149. The van der Waals surface area contributed by atoms with Gasteiger partial charge < -0.3 is 5.32 Å². The second-order valence-electron chi connectivity index (χ2n) is 5.82. The van der Waals surface area contributed by atoms with Gasteiger partial charge in [0.25, 0.3) is 0 Å². The number of benzene rings is 1. The van der Waals surface area contributed by atoms with E-state index in [0.717, 1.165) is 24.9 Å². The highest BCUT2D eigenvalue weighted by Gasteiger charge is 2.15. The Morgan fingerprint density at radius 1 is 1.33 bits per heavy atom. The largest absolute Gasteiger partial charge is 0.312 e. The van der Waals surface area contributed by atoms with Crippen LogP contribution >= 0.6 is 11.6 Å². The molecule has 0 aromatic heterocycles. The van der Waals surface area contributed by atoms with Crippen molar-refractivity contribution in [3.63, 3.8) is 0 Å². The van der Waals surface area contributed by atoms with Crippen LogP contribution in [0.4, 0.5) is 4.39 Å². The van der Waals surface area contributed by atoms with E-state index in [1.807, 2.05) is 6.07 Å². The van der Waals surface area contributed by atoms with Gasteiger partial charge in [0.2, 0.25) is 0 Å². The second-order valence-corrected chi connectivity index (χ2v) is 6.20. The molecule has 1 aromatic carbocycles. The Morgan fingerprint density at radius 3 is 2.56 bits per heavy atom. The van der Waals surface area contributed by atoms with E-state index < -0.39 is 0 Å². The molecule has 102 valence electrons. The molecule has 1 aromatic rings. The normalized spacial score (nSPS) is 13.7. The van der Waals surface area contributed by atoms with Gasteiger partial charge in [-0.15, -0.1) is 0 Å². The Labute approximate surface area is 115 Å². The van der Waals surface area contributed by atoms with E-state index in [-0.39, 0.29) is 16.4 Å². The zero-order chi connectivity index (χ0) is 13.8. The zero-order valence-corrected chi connectivity index (χ0v) is 12.4. The maximum absolute atomic E-state index is 13.4. The van der Waals surface area contributed by atoms with E-state index in [0.29, 0.717) is 5.92 Å². The van der Waals surface area contributed by atoms with Gasteiger partial charge in [-0.25, -0.2) is 4.39 Å². The lowest BCUT2D eigenvalue weighted by atomic mass is 9.95. The van der Waals surface area contributed by atoms with Gasteiger partial charge in [-0.2, -0.15) is 0 Å². The molecule has 0 radical (unpaired) electrons. The van der Waals surface area contributed by atoms with E-state index in [4.69, 9.17) is 11.6 Å². The lowest BCUT2D eigenvalue weighted by molar-refractivity contribution is 0.363. The molecule has 3 heteroatoms. The van der Waals surface area contributed by atoms with Gasteiger partial charge in [-0.1, -0.05) is 37.1 Å². The molecule has 0 saturated carbocycles. The van der Waals surface area contributed by atoms with E-state index in [9.17, 15) is 4.39 Å². The van der Waals surface area contributed by atoms with Crippen molar-refractivity contribution in [3.8, 4) is 0 Å². The van der Waals surface area contributed by atoms with E-state index >= 15 is 0 Å². The van der Waals surface area contributed by atoms with Crippen LogP contribution in [-0.2, 0) is 6.42 Å². The van der Waals surface area contributed by atoms with Crippen molar-refractivity contribution in [3.05, 3.63) is 34.6 Å². The summed E-state index contributed by atoms with van der Waals surface area (Å²) in [5, 5.41) is 3.76. The van der Waals surface area contributed by atoms with Crippen molar-refractivity contribution in [1.29, 1.82) is 0 Å². The summed E-state index contributed by atoms with van der Waals surface area (Å²) in [6.45, 7) is 9.52. The molecule has 1 atom stereocenters. The smallest absolute Gasteiger partial charge is 0.142 e. The minimum Gasteiger partial charge on any atom is -0.312 e. The maximum atomic E-state index is 13.4. The predicted octanol–water partition coefficient (Wildman–Crippen LogP) is 4.44. The van der Waals surface area contributed by atoms with Gasteiger partial charge in [0.05, 0.1) is 5.02 Å². The van der Waals surface area contributed by atoms with E-state index in [2.05, 4.69) is 33.0 Å². The predicted molar refractivity (Wildman–Crippen MR) is 76.7 cm³/mol. The van der Waals surface area contributed by atoms with Gasteiger partial charge in [-0.3, -0.25) is 0 Å². The highest BCUT2D eigenvalue weighted by molar-refractivity contribution is 6.31. The van der Waals surface area contributed by atoms with Crippen LogP contribution in [0, 0.1) is 11.7 Å². The van der Waals surface area contributed by atoms with Crippen LogP contribution in [-0.4, -0.2) is 12.1 Å². The summed E-state index contributed by atoms with van der Waals surface area (Å²) in [4.78, 5) is 0. The fraction of sp³-hybridized carbons (Fsp3) is 0.600. The first-order valence-corrected chi connectivity index (χ1v) is 6.89. The molecule has 0 spiro atoms. The molecule has 0 aliphatic rings. The molecule has 0 aliphatic heterocycles. The Kier molecular flexibility index (Phi) is 5.61. The molecule has 0 aliphatic carbocycles. The van der Waals surface area contributed by atoms with Crippen LogP contribution in [0.3, 0.4) is 0 Å². The molecule has 0 fully saturated rings. The molecule has 0 heterocycles. The fourth-order valence-corrected chi connectivity index (χ4v) is 2.03. The molecular weight excluding hydrogens is 249 g/mol. The van der Waals surface area contributed by atoms with Gasteiger partial charge in [0, 0.05) is 5.54 Å². The summed E-state index contributed by atoms with van der Waals surface area (Å²) < 4.78 is 13.4. The average molecular weight is 272 g/mol. The van der Waals surface area contributed by atoms with Crippen LogP contribution < -0.4 is 5.32 Å². The van der Waals surface area contributed by atoms with Crippen LogP contribution in [0.5, 0.6) is 0 Å². The van der Waals surface area contributed by atoms with Gasteiger partial charge in [-0.05, 0) is 51.3 Å². The third kappa shape index (κ3) is 4.95. The van der Waals surface area contributed by atoms with E-state index in [1.165, 1.54) is 6.07 Å². The van der Waals surface area contributed by atoms with Crippen molar-refractivity contribution < 1.29 is 4.39 Å². The third-order valence-corrected chi connectivity index (χ3v) is 3.46. The molecular formula is C15H23ClFN. The molecule has 0 amide bonds. The first kappa shape index (κ1) is 15.5. The molecule has 18 heavy (non-hydrogen) atoms. The monoisotopic (exact) mass is 271 g/mol. The number of rotatable bonds is 5. The standard InChI is InChI=1S/C15H23ClFN/c1-5-11(10-18-15(2,3)4)9-12-7-6-8-13(17)14(12)16/h6-8,11,18H,5,9-10H2,1-4H3. The maximum Gasteiger partial charge on any atom is 0.142 e. The quantitative estimate of drug-likeness (QED) is 0.835. The summed E-state index contributed by atoms with van der Waals surface area (Å²) in [6.07, 6.45) is 1.87. The first-order valence-electron chi connectivity index (χ1n) is 6.51. The van der Waals surface area contributed by atoms with Gasteiger partial charge >= 0.3 is 0 Å². The van der Waals surface area contributed by atoms with Crippen molar-refractivity contribution in [1.82, 2.24) is 5.32 Å². The average Bonchev–Trinajstić information content (AvgIpc) is 2.28. The number of nitrogens with one attached hydrogen (secondary N) is 1. The Bertz CT molecular complexity index is 385. The summed E-state index contributed by atoms with van der Waals surface area (Å²) >= 11 is 5.99. The minimum absolute atomic E-state index is 0.110. The summed E-state index contributed by atoms with van der Waals surface area (Å²) in [6, 6.07) is 5.03. The summed E-state index contributed by atoms with van der Waals surface area (Å²) in [5.41, 5.74) is 1.01. The zero-order valence-electron chi connectivity index (χ0n) is 11.7. The summed E-state index contributed by atoms with van der Waals surface area (Å²) in [7, 11) is 0. The molecule has 1 nitrogen and oxygen atoms in total. The minimum atomic E-state index is -0.326. The van der Waals surface area contributed by atoms with Crippen molar-refractivity contribution in [2.45, 2.75) is 46.1 Å². The molecule has 1 unspecified atom stereocenters. The van der Waals surface area contributed by atoms with Crippen molar-refractivity contribution in [2.75, 3.05) is 6.54 Å². The highest BCUT2D eigenvalue weighted by Crippen LogP contribution is 2.23. The molecule has 0 saturated heterocycles. The third-order valence-electron chi connectivity index (χ3n) is 3.04. The fourth-order valence-electron chi connectivity index (χ4n) is 1.83. The molecule has 0 bridgehead atoms. The number of hydrogen-bond donors (Lipinski definition) is 1. The lowest BCUT2D eigenvalue weighted by Gasteiger charge is -2.25. The van der Waals surface area contributed by atoms with Gasteiger partial charge in [0.1, 0.15) is 5.82 Å². The highest BCUT2D eigenvalue weighted by atomic mass is 35.5. The molecule has 1 rings (SSSR count). The number of hydrogen-bond acceptors (Lipinski definition) is 1. The lowest BCUT2D eigenvalue weighted by Crippen LogP contribution is -2.39.